The number of pyridine rings is 1. The van der Waals surface area contributed by atoms with Crippen molar-refractivity contribution < 1.29 is 13.6 Å². The summed E-state index contributed by atoms with van der Waals surface area (Å²) in [4.78, 5) is 13.7. The van der Waals surface area contributed by atoms with E-state index in [-0.39, 0.29) is 17.5 Å². The van der Waals surface area contributed by atoms with E-state index in [0.717, 1.165) is 6.20 Å². The van der Waals surface area contributed by atoms with Crippen molar-refractivity contribution in [3.8, 4) is 6.07 Å². The number of hydrogen-bond acceptors (Lipinski definition) is 4. The number of rotatable bonds is 2. The van der Waals surface area contributed by atoms with Crippen LogP contribution in [0.3, 0.4) is 0 Å². The summed E-state index contributed by atoms with van der Waals surface area (Å²) in [5.41, 5.74) is 3.60. The summed E-state index contributed by atoms with van der Waals surface area (Å²) in [6, 6.07) is 1.61. The first-order valence-electron chi connectivity index (χ1n) is 3.53. The molecule has 0 fully saturated rings. The van der Waals surface area contributed by atoms with Gasteiger partial charge in [-0.25, -0.2) is 8.78 Å². The maximum absolute atomic E-state index is 12.4. The average Bonchev–Trinajstić information content (AvgIpc) is 2.16. The number of anilines is 1. The highest BCUT2D eigenvalue weighted by Gasteiger charge is 2.19. The summed E-state index contributed by atoms with van der Waals surface area (Å²) in [5, 5.41) is 8.49. The van der Waals surface area contributed by atoms with Gasteiger partial charge in [-0.3, -0.25) is 9.78 Å². The molecule has 0 saturated heterocycles. The SMILES string of the molecule is N#Cc1cnc(C=O)c(C(F)F)c1N. The minimum Gasteiger partial charge on any atom is -0.397 e. The number of hydrogen-bond donors (Lipinski definition) is 1. The molecular weight excluding hydrogens is 192 g/mol. The van der Waals surface area contributed by atoms with Crippen molar-refractivity contribution in [2.45, 2.75) is 6.43 Å². The normalized spacial score (nSPS) is 9.86. The molecule has 0 bridgehead atoms. The number of nitrogens with two attached hydrogens (primary N) is 1. The molecule has 0 aromatic carbocycles. The Morgan fingerprint density at radius 1 is 1.64 bits per heavy atom. The van der Waals surface area contributed by atoms with Crippen molar-refractivity contribution in [1.29, 1.82) is 5.26 Å². The smallest absolute Gasteiger partial charge is 0.268 e. The number of aromatic nitrogens is 1. The van der Waals surface area contributed by atoms with Gasteiger partial charge in [0.2, 0.25) is 0 Å². The molecular formula is C8H5F2N3O. The summed E-state index contributed by atoms with van der Waals surface area (Å²) < 4.78 is 24.8. The second-order valence-electron chi connectivity index (χ2n) is 2.41. The molecule has 0 saturated carbocycles. The lowest BCUT2D eigenvalue weighted by molar-refractivity contribution is 0.110. The lowest BCUT2D eigenvalue weighted by Gasteiger charge is -2.07. The van der Waals surface area contributed by atoms with Crippen LogP contribution in [-0.4, -0.2) is 11.3 Å². The van der Waals surface area contributed by atoms with Gasteiger partial charge in [-0.1, -0.05) is 0 Å². The molecule has 72 valence electrons. The molecule has 4 nitrogen and oxygen atoms in total. The van der Waals surface area contributed by atoms with E-state index in [1.807, 2.05) is 0 Å². The molecule has 6 heteroatoms. The van der Waals surface area contributed by atoms with Gasteiger partial charge in [-0.05, 0) is 0 Å². The standard InChI is InChI=1S/C8H5F2N3O/c9-8(10)6-5(3-14)13-2-4(1-11)7(6)12/h2-3,8H,(H2,12,13). The number of alkyl halides is 2. The number of aldehydes is 1. The summed E-state index contributed by atoms with van der Waals surface area (Å²) in [5.74, 6) is 0. The molecule has 2 N–H and O–H groups in total. The zero-order chi connectivity index (χ0) is 10.7. The molecule has 0 aliphatic carbocycles. The summed E-state index contributed by atoms with van der Waals surface area (Å²) in [7, 11) is 0. The molecule has 0 spiro atoms. The number of nitrogens with zero attached hydrogens (tertiary/aromatic N) is 2. The van der Waals surface area contributed by atoms with Crippen LogP contribution in [0, 0.1) is 11.3 Å². The van der Waals surface area contributed by atoms with E-state index < -0.39 is 17.7 Å². The highest BCUT2D eigenvalue weighted by atomic mass is 19.3. The Morgan fingerprint density at radius 2 is 2.29 bits per heavy atom. The third-order valence-electron chi connectivity index (χ3n) is 1.64. The third-order valence-corrected chi connectivity index (χ3v) is 1.64. The van der Waals surface area contributed by atoms with Crippen LogP contribution in [0.25, 0.3) is 0 Å². The van der Waals surface area contributed by atoms with Gasteiger partial charge < -0.3 is 5.73 Å². The quantitative estimate of drug-likeness (QED) is 0.724. The van der Waals surface area contributed by atoms with Crippen LogP contribution in [0.2, 0.25) is 0 Å². The predicted octanol–water partition coefficient (Wildman–Crippen LogP) is 1.29. The van der Waals surface area contributed by atoms with Crippen molar-refractivity contribution in [2.75, 3.05) is 5.73 Å². The first kappa shape index (κ1) is 10.1. The Hall–Kier alpha value is -2.03. The van der Waals surface area contributed by atoms with Gasteiger partial charge in [0, 0.05) is 6.20 Å². The fourth-order valence-corrected chi connectivity index (χ4v) is 0.969. The number of carbonyl (C=O) groups excluding carboxylic acids is 1. The average molecular weight is 197 g/mol. The molecule has 1 rings (SSSR count). The first-order chi connectivity index (χ1) is 6.61. The highest BCUT2D eigenvalue weighted by molar-refractivity contribution is 5.79. The van der Waals surface area contributed by atoms with Crippen LogP contribution in [0.1, 0.15) is 28.0 Å². The van der Waals surface area contributed by atoms with Gasteiger partial charge in [0.1, 0.15) is 11.8 Å². The van der Waals surface area contributed by atoms with Crippen LogP contribution in [-0.2, 0) is 0 Å². The minimum atomic E-state index is -2.92. The summed E-state index contributed by atoms with van der Waals surface area (Å²) >= 11 is 0. The molecule has 0 atom stereocenters. The van der Waals surface area contributed by atoms with Crippen molar-refractivity contribution in [3.63, 3.8) is 0 Å². The third kappa shape index (κ3) is 1.52. The fraction of sp³-hybridized carbons (Fsp3) is 0.125. The molecule has 0 radical (unpaired) electrons. The van der Waals surface area contributed by atoms with E-state index >= 15 is 0 Å². The van der Waals surface area contributed by atoms with Gasteiger partial charge in [-0.15, -0.1) is 0 Å². The van der Waals surface area contributed by atoms with E-state index in [9.17, 15) is 13.6 Å². The van der Waals surface area contributed by atoms with Gasteiger partial charge in [0.15, 0.2) is 6.29 Å². The molecule has 0 aliphatic rings. The largest absolute Gasteiger partial charge is 0.397 e. The van der Waals surface area contributed by atoms with Crippen LogP contribution in [0.4, 0.5) is 14.5 Å². The van der Waals surface area contributed by atoms with Gasteiger partial charge in [0.05, 0.1) is 16.8 Å². The molecule has 1 heterocycles. The van der Waals surface area contributed by atoms with Crippen LogP contribution >= 0.6 is 0 Å². The monoisotopic (exact) mass is 197 g/mol. The second-order valence-corrected chi connectivity index (χ2v) is 2.41. The Kier molecular flexibility index (Phi) is 2.72. The zero-order valence-electron chi connectivity index (χ0n) is 6.87. The maximum Gasteiger partial charge on any atom is 0.268 e. The van der Waals surface area contributed by atoms with Gasteiger partial charge in [0.25, 0.3) is 6.43 Å². The Morgan fingerprint density at radius 3 is 2.71 bits per heavy atom. The van der Waals surface area contributed by atoms with Crippen molar-refractivity contribution in [2.24, 2.45) is 0 Å². The fourth-order valence-electron chi connectivity index (χ4n) is 0.969. The maximum atomic E-state index is 12.4. The van der Waals surface area contributed by atoms with Gasteiger partial charge in [-0.2, -0.15) is 5.26 Å². The Balaban J connectivity index is 3.48. The molecule has 1 aromatic heterocycles. The molecule has 0 aliphatic heterocycles. The molecule has 14 heavy (non-hydrogen) atoms. The minimum absolute atomic E-state index is 0.161. The van der Waals surface area contributed by atoms with Crippen LogP contribution in [0.15, 0.2) is 6.20 Å². The van der Waals surface area contributed by atoms with Gasteiger partial charge >= 0.3 is 0 Å². The van der Waals surface area contributed by atoms with Crippen molar-refractivity contribution in [1.82, 2.24) is 4.98 Å². The van der Waals surface area contributed by atoms with E-state index in [0.29, 0.717) is 0 Å². The summed E-state index contributed by atoms with van der Waals surface area (Å²) in [6.07, 6.45) is -1.75. The van der Waals surface area contributed by atoms with Crippen molar-refractivity contribution in [3.05, 3.63) is 23.0 Å². The Labute approximate surface area is 78.0 Å². The van der Waals surface area contributed by atoms with E-state index in [1.54, 1.807) is 6.07 Å². The second kappa shape index (κ2) is 3.79. The number of carbonyl (C=O) groups is 1. The molecule has 1 aromatic rings. The lowest BCUT2D eigenvalue weighted by atomic mass is 10.1. The highest BCUT2D eigenvalue weighted by Crippen LogP contribution is 2.28. The van der Waals surface area contributed by atoms with E-state index in [1.165, 1.54) is 0 Å². The Bertz CT molecular complexity index is 412. The van der Waals surface area contributed by atoms with E-state index in [2.05, 4.69) is 4.98 Å². The molecule has 0 amide bonds. The zero-order valence-corrected chi connectivity index (χ0v) is 6.87. The number of nitrogen functional groups attached to an aromatic ring is 1. The van der Waals surface area contributed by atoms with Crippen LogP contribution < -0.4 is 5.73 Å². The first-order valence-corrected chi connectivity index (χ1v) is 3.53. The predicted molar refractivity (Wildman–Crippen MR) is 43.7 cm³/mol. The van der Waals surface area contributed by atoms with Crippen LogP contribution in [0.5, 0.6) is 0 Å². The van der Waals surface area contributed by atoms with E-state index in [4.69, 9.17) is 11.0 Å². The van der Waals surface area contributed by atoms with Crippen molar-refractivity contribution >= 4 is 12.0 Å². The summed E-state index contributed by atoms with van der Waals surface area (Å²) in [6.45, 7) is 0. The topological polar surface area (TPSA) is 79.8 Å². The number of halogens is 2. The number of nitriles is 1. The molecule has 0 unspecified atom stereocenters. The lowest BCUT2D eigenvalue weighted by Crippen LogP contribution is -2.05.